The highest BCUT2D eigenvalue weighted by Gasteiger charge is 2.32. The zero-order valence-corrected chi connectivity index (χ0v) is 20.5. The van der Waals surface area contributed by atoms with Gasteiger partial charge in [0.25, 0.3) is 5.91 Å². The molecule has 0 saturated carbocycles. The van der Waals surface area contributed by atoms with Gasteiger partial charge < -0.3 is 15.2 Å². The Hall–Kier alpha value is -3.16. The number of para-hydroxylation sites is 1. The van der Waals surface area contributed by atoms with Gasteiger partial charge in [-0.05, 0) is 62.2 Å². The van der Waals surface area contributed by atoms with Crippen LogP contribution in [-0.2, 0) is 17.8 Å². The molecule has 0 radical (unpaired) electrons. The van der Waals surface area contributed by atoms with Crippen LogP contribution in [0.2, 0.25) is 0 Å². The van der Waals surface area contributed by atoms with E-state index in [1.165, 1.54) is 16.5 Å². The molecule has 5 rings (SSSR count). The lowest BCUT2D eigenvalue weighted by molar-refractivity contribution is -0.137. The predicted molar refractivity (Wildman–Crippen MR) is 138 cm³/mol. The fourth-order valence-electron chi connectivity index (χ4n) is 5.33. The van der Waals surface area contributed by atoms with Crippen LogP contribution in [0.5, 0.6) is 0 Å². The molecule has 0 aliphatic carbocycles. The Morgan fingerprint density at radius 3 is 2.51 bits per heavy atom. The van der Waals surface area contributed by atoms with Crippen LogP contribution < -0.4 is 5.32 Å². The number of rotatable bonds is 7. The molecule has 7 nitrogen and oxygen atoms in total. The van der Waals surface area contributed by atoms with Crippen LogP contribution in [0.15, 0.2) is 54.7 Å². The van der Waals surface area contributed by atoms with Gasteiger partial charge in [0.2, 0.25) is 5.91 Å². The number of aromatic amines is 1. The van der Waals surface area contributed by atoms with Crippen molar-refractivity contribution in [2.75, 3.05) is 46.3 Å². The van der Waals surface area contributed by atoms with Crippen molar-refractivity contribution in [1.82, 2.24) is 25.0 Å². The van der Waals surface area contributed by atoms with Crippen molar-refractivity contribution in [3.63, 3.8) is 0 Å². The molecule has 0 bridgehead atoms. The van der Waals surface area contributed by atoms with Crippen molar-refractivity contribution in [3.05, 3.63) is 71.4 Å². The monoisotopic (exact) mass is 473 g/mol. The number of nitrogens with one attached hydrogen (secondary N) is 2. The van der Waals surface area contributed by atoms with E-state index in [9.17, 15) is 9.59 Å². The molecule has 2 saturated heterocycles. The molecule has 3 aromatic rings. The van der Waals surface area contributed by atoms with Gasteiger partial charge in [-0.1, -0.05) is 30.3 Å². The Balaban J connectivity index is 1.07. The molecule has 1 atom stereocenters. The molecule has 2 aliphatic rings. The summed E-state index contributed by atoms with van der Waals surface area (Å²) < 4.78 is 0. The second kappa shape index (κ2) is 10.6. The smallest absolute Gasteiger partial charge is 0.251 e. The third kappa shape index (κ3) is 5.41. The number of aromatic nitrogens is 1. The number of hydrogen-bond donors (Lipinski definition) is 2. The largest absolute Gasteiger partial charge is 0.361 e. The highest BCUT2D eigenvalue weighted by atomic mass is 16.2. The molecule has 2 aliphatic heterocycles. The first kappa shape index (κ1) is 23.6. The first-order valence-electron chi connectivity index (χ1n) is 12.7. The van der Waals surface area contributed by atoms with Crippen molar-refractivity contribution >= 4 is 22.7 Å². The minimum Gasteiger partial charge on any atom is -0.361 e. The predicted octanol–water partition coefficient (Wildman–Crippen LogP) is 2.88. The van der Waals surface area contributed by atoms with E-state index in [2.05, 4.69) is 39.3 Å². The lowest BCUT2D eigenvalue weighted by atomic mass is 10.1. The molecule has 0 spiro atoms. The standard InChI is InChI=1S/C28H35N5O2/c1-31-14-4-7-26(31)28(35)33-17-15-32(16-18-33)20-21-8-10-22(11-9-21)27(34)29-13-12-23-19-30-25-6-3-2-5-24(23)25/h2-3,5-6,8-11,19,26,30H,4,7,12-18,20H2,1H3,(H,29,34)/t26-/m1/s1. The van der Waals surface area contributed by atoms with Crippen molar-refractivity contribution in [2.45, 2.75) is 31.8 Å². The molecule has 35 heavy (non-hydrogen) atoms. The van der Waals surface area contributed by atoms with Gasteiger partial charge in [-0.25, -0.2) is 0 Å². The van der Waals surface area contributed by atoms with Gasteiger partial charge in [0.05, 0.1) is 6.04 Å². The van der Waals surface area contributed by atoms with Crippen molar-refractivity contribution in [2.24, 2.45) is 0 Å². The first-order chi connectivity index (χ1) is 17.1. The van der Waals surface area contributed by atoms with Gasteiger partial charge in [0.15, 0.2) is 0 Å². The zero-order valence-electron chi connectivity index (χ0n) is 20.5. The van der Waals surface area contributed by atoms with Crippen molar-refractivity contribution < 1.29 is 9.59 Å². The number of likely N-dealkylation sites (N-methyl/N-ethyl adjacent to an activating group) is 1. The Morgan fingerprint density at radius 1 is 1.00 bits per heavy atom. The summed E-state index contributed by atoms with van der Waals surface area (Å²) in [6.45, 7) is 5.82. The van der Waals surface area contributed by atoms with Crippen molar-refractivity contribution in [3.8, 4) is 0 Å². The Morgan fingerprint density at radius 2 is 1.77 bits per heavy atom. The summed E-state index contributed by atoms with van der Waals surface area (Å²) in [6.07, 6.45) is 4.91. The third-order valence-corrected chi connectivity index (χ3v) is 7.47. The Kier molecular flexibility index (Phi) is 7.16. The number of piperazine rings is 1. The van der Waals surface area contributed by atoms with Crippen LogP contribution in [0.3, 0.4) is 0 Å². The normalized spacial score (nSPS) is 19.3. The van der Waals surface area contributed by atoms with Gasteiger partial charge in [-0.2, -0.15) is 0 Å². The summed E-state index contributed by atoms with van der Waals surface area (Å²) in [5.41, 5.74) is 4.21. The van der Waals surface area contributed by atoms with E-state index >= 15 is 0 Å². The highest BCUT2D eigenvalue weighted by molar-refractivity contribution is 5.94. The van der Waals surface area contributed by atoms with Gasteiger partial charge in [0.1, 0.15) is 0 Å². The van der Waals surface area contributed by atoms with Gasteiger partial charge in [-0.3, -0.25) is 19.4 Å². The van der Waals surface area contributed by atoms with E-state index in [0.29, 0.717) is 18.0 Å². The summed E-state index contributed by atoms with van der Waals surface area (Å²) in [7, 11) is 2.06. The van der Waals surface area contributed by atoms with E-state index < -0.39 is 0 Å². The average molecular weight is 474 g/mol. The molecular formula is C28H35N5O2. The fourth-order valence-corrected chi connectivity index (χ4v) is 5.33. The van der Waals surface area contributed by atoms with Crippen LogP contribution >= 0.6 is 0 Å². The van der Waals surface area contributed by atoms with Gasteiger partial charge in [-0.15, -0.1) is 0 Å². The Bertz CT molecular complexity index is 1160. The van der Waals surface area contributed by atoms with E-state index in [4.69, 9.17) is 0 Å². The lowest BCUT2D eigenvalue weighted by Gasteiger charge is -2.36. The first-order valence-corrected chi connectivity index (χ1v) is 12.7. The number of hydrogen-bond acceptors (Lipinski definition) is 4. The molecule has 0 unspecified atom stereocenters. The number of likely N-dealkylation sites (tertiary alicyclic amines) is 1. The maximum absolute atomic E-state index is 12.8. The zero-order chi connectivity index (χ0) is 24.2. The molecule has 3 heterocycles. The SMILES string of the molecule is CN1CCC[C@@H]1C(=O)N1CCN(Cc2ccc(C(=O)NCCc3c[nH]c4ccccc34)cc2)CC1. The van der Waals surface area contributed by atoms with Crippen LogP contribution in [0, 0.1) is 0 Å². The van der Waals surface area contributed by atoms with E-state index in [0.717, 1.165) is 64.0 Å². The summed E-state index contributed by atoms with van der Waals surface area (Å²) >= 11 is 0. The molecule has 2 amide bonds. The quantitative estimate of drug-likeness (QED) is 0.554. The highest BCUT2D eigenvalue weighted by Crippen LogP contribution is 2.19. The van der Waals surface area contributed by atoms with Crippen LogP contribution in [0.25, 0.3) is 10.9 Å². The molecular weight excluding hydrogens is 438 g/mol. The van der Waals surface area contributed by atoms with Crippen LogP contribution in [0.4, 0.5) is 0 Å². The van der Waals surface area contributed by atoms with Crippen LogP contribution in [0.1, 0.15) is 34.3 Å². The average Bonchev–Trinajstić information content (AvgIpc) is 3.50. The molecule has 1 aromatic heterocycles. The summed E-state index contributed by atoms with van der Waals surface area (Å²) in [6, 6.07) is 16.2. The van der Waals surface area contributed by atoms with Gasteiger partial charge in [0, 0.05) is 61.9 Å². The second-order valence-corrected chi connectivity index (χ2v) is 9.80. The molecule has 2 fully saturated rings. The number of benzene rings is 2. The number of carbonyl (C=O) groups excluding carboxylic acids is 2. The van der Waals surface area contributed by atoms with Crippen LogP contribution in [-0.4, -0.2) is 83.9 Å². The minimum absolute atomic E-state index is 0.0413. The third-order valence-electron chi connectivity index (χ3n) is 7.47. The van der Waals surface area contributed by atoms with E-state index in [1.807, 2.05) is 47.5 Å². The maximum Gasteiger partial charge on any atom is 0.251 e. The van der Waals surface area contributed by atoms with E-state index in [1.54, 1.807) is 0 Å². The number of amides is 2. The molecule has 2 N–H and O–H groups in total. The molecule has 184 valence electrons. The fraction of sp³-hybridized carbons (Fsp3) is 0.429. The number of carbonyl (C=O) groups is 2. The number of fused-ring (bicyclic) bond motifs is 1. The summed E-state index contributed by atoms with van der Waals surface area (Å²) in [4.78, 5) is 35.3. The Labute approximate surface area is 207 Å². The topological polar surface area (TPSA) is 71.7 Å². The van der Waals surface area contributed by atoms with Crippen molar-refractivity contribution in [1.29, 1.82) is 0 Å². The summed E-state index contributed by atoms with van der Waals surface area (Å²) in [5, 5.41) is 4.25. The maximum atomic E-state index is 12.8. The molecule has 2 aromatic carbocycles. The second-order valence-electron chi connectivity index (χ2n) is 9.80. The lowest BCUT2D eigenvalue weighted by Crippen LogP contribution is -2.52. The minimum atomic E-state index is -0.0413. The number of H-pyrrole nitrogens is 1. The molecule has 7 heteroatoms. The number of nitrogens with zero attached hydrogens (tertiary/aromatic N) is 3. The van der Waals surface area contributed by atoms with Gasteiger partial charge >= 0.3 is 0 Å². The van der Waals surface area contributed by atoms with E-state index in [-0.39, 0.29) is 11.9 Å². The summed E-state index contributed by atoms with van der Waals surface area (Å²) in [5.74, 6) is 0.255.